The molecule has 0 unspecified atom stereocenters. The topological polar surface area (TPSA) is 90.1 Å². The van der Waals surface area contributed by atoms with Crippen molar-refractivity contribution in [1.29, 1.82) is 0 Å². The second kappa shape index (κ2) is 6.74. The molecule has 0 spiro atoms. The van der Waals surface area contributed by atoms with Crippen molar-refractivity contribution in [2.24, 2.45) is 11.7 Å². The maximum absolute atomic E-state index is 11.2. The number of aryl methyl sites for hydroxylation is 1. The van der Waals surface area contributed by atoms with Gasteiger partial charge in [0.1, 0.15) is 0 Å². The summed E-state index contributed by atoms with van der Waals surface area (Å²) in [4.78, 5) is 20.0. The maximum atomic E-state index is 11.2. The quantitative estimate of drug-likeness (QED) is 0.866. The molecular weight excluding hydrogens is 268 g/mol. The fourth-order valence-corrected chi connectivity index (χ4v) is 2.61. The average Bonchev–Trinajstić information content (AvgIpc) is 2.37. The number of amides is 1. The largest absolute Gasteiger partial charge is 0.475 e. The third-order valence-electron chi connectivity index (χ3n) is 3.65. The Labute approximate surface area is 125 Å². The van der Waals surface area contributed by atoms with Crippen LogP contribution in [0.2, 0.25) is 0 Å². The van der Waals surface area contributed by atoms with E-state index in [4.69, 9.17) is 10.5 Å². The van der Waals surface area contributed by atoms with Crippen LogP contribution < -0.4 is 15.8 Å². The van der Waals surface area contributed by atoms with Crippen molar-refractivity contribution in [3.05, 3.63) is 11.8 Å². The predicted octanol–water partition coefficient (Wildman–Crippen LogP) is 2.03. The highest BCUT2D eigenvalue weighted by Gasteiger charge is 2.25. The standard InChI is InChI=1S/C15H24N4O2/c1-9(2)21-13-8-10(3)17-15(19-13)18-12-6-4-11(5-7-12)14(16)20/h8-9,11-12H,4-7H2,1-3H3,(H2,16,20)(H,17,18,19). The number of rotatable bonds is 5. The summed E-state index contributed by atoms with van der Waals surface area (Å²) < 4.78 is 5.62. The molecule has 1 heterocycles. The Kier molecular flexibility index (Phi) is 4.98. The van der Waals surface area contributed by atoms with Gasteiger partial charge in [0.15, 0.2) is 0 Å². The van der Waals surface area contributed by atoms with E-state index in [0.29, 0.717) is 11.8 Å². The number of anilines is 1. The summed E-state index contributed by atoms with van der Waals surface area (Å²) in [5.41, 5.74) is 6.22. The molecule has 1 fully saturated rings. The minimum absolute atomic E-state index is 0.0151. The van der Waals surface area contributed by atoms with Gasteiger partial charge in [0.2, 0.25) is 17.7 Å². The zero-order chi connectivity index (χ0) is 15.4. The Morgan fingerprint density at radius 3 is 2.57 bits per heavy atom. The van der Waals surface area contributed by atoms with E-state index in [1.54, 1.807) is 0 Å². The Bertz CT molecular complexity index is 496. The number of hydrogen-bond acceptors (Lipinski definition) is 5. The van der Waals surface area contributed by atoms with Crippen LogP contribution in [-0.4, -0.2) is 28.0 Å². The summed E-state index contributed by atoms with van der Waals surface area (Å²) >= 11 is 0. The summed E-state index contributed by atoms with van der Waals surface area (Å²) in [6.07, 6.45) is 3.55. The fraction of sp³-hybridized carbons (Fsp3) is 0.667. The summed E-state index contributed by atoms with van der Waals surface area (Å²) in [7, 11) is 0. The normalized spacial score (nSPS) is 22.1. The lowest BCUT2D eigenvalue weighted by atomic mass is 9.86. The lowest BCUT2D eigenvalue weighted by Gasteiger charge is -2.27. The molecule has 21 heavy (non-hydrogen) atoms. The van der Waals surface area contributed by atoms with E-state index < -0.39 is 0 Å². The van der Waals surface area contributed by atoms with Gasteiger partial charge in [0.25, 0.3) is 0 Å². The number of hydrogen-bond donors (Lipinski definition) is 2. The summed E-state index contributed by atoms with van der Waals surface area (Å²) in [5, 5.41) is 3.34. The fourth-order valence-electron chi connectivity index (χ4n) is 2.61. The molecule has 116 valence electrons. The molecule has 0 saturated heterocycles. The summed E-state index contributed by atoms with van der Waals surface area (Å²) in [5.74, 6) is 1.01. The van der Waals surface area contributed by atoms with Gasteiger partial charge in [-0.3, -0.25) is 4.79 Å². The molecule has 1 amide bonds. The van der Waals surface area contributed by atoms with Crippen molar-refractivity contribution in [3.63, 3.8) is 0 Å². The Hall–Kier alpha value is -1.85. The van der Waals surface area contributed by atoms with Gasteiger partial charge in [0.05, 0.1) is 6.10 Å². The van der Waals surface area contributed by atoms with Crippen molar-refractivity contribution in [2.75, 3.05) is 5.32 Å². The molecule has 1 saturated carbocycles. The SMILES string of the molecule is Cc1cc(OC(C)C)nc(NC2CCC(C(N)=O)CC2)n1. The number of primary amides is 1. The molecule has 0 aromatic carbocycles. The van der Waals surface area contributed by atoms with Crippen molar-refractivity contribution in [3.8, 4) is 5.88 Å². The van der Waals surface area contributed by atoms with E-state index in [0.717, 1.165) is 31.4 Å². The summed E-state index contributed by atoms with van der Waals surface area (Å²) in [6, 6.07) is 2.11. The first-order valence-electron chi connectivity index (χ1n) is 7.52. The van der Waals surface area contributed by atoms with Crippen LogP contribution >= 0.6 is 0 Å². The molecule has 3 N–H and O–H groups in total. The third-order valence-corrected chi connectivity index (χ3v) is 3.65. The van der Waals surface area contributed by atoms with Gasteiger partial charge in [-0.1, -0.05) is 0 Å². The van der Waals surface area contributed by atoms with Gasteiger partial charge >= 0.3 is 0 Å². The highest BCUT2D eigenvalue weighted by atomic mass is 16.5. The van der Waals surface area contributed by atoms with E-state index in [1.807, 2.05) is 26.8 Å². The maximum Gasteiger partial charge on any atom is 0.226 e. The second-order valence-electron chi connectivity index (χ2n) is 5.93. The molecule has 0 bridgehead atoms. The van der Waals surface area contributed by atoms with Crippen LogP contribution in [0, 0.1) is 12.8 Å². The number of carbonyl (C=O) groups excluding carboxylic acids is 1. The van der Waals surface area contributed by atoms with Gasteiger partial charge in [-0.2, -0.15) is 4.98 Å². The van der Waals surface area contributed by atoms with Gasteiger partial charge < -0.3 is 15.8 Å². The van der Waals surface area contributed by atoms with Gasteiger partial charge in [-0.05, 0) is 46.5 Å². The molecule has 6 heteroatoms. The predicted molar refractivity (Wildman–Crippen MR) is 81.1 cm³/mol. The van der Waals surface area contributed by atoms with E-state index in [1.165, 1.54) is 0 Å². The van der Waals surface area contributed by atoms with Crippen LogP contribution in [-0.2, 0) is 4.79 Å². The molecule has 2 rings (SSSR count). The number of nitrogens with zero attached hydrogens (tertiary/aromatic N) is 2. The van der Waals surface area contributed by atoms with Gasteiger partial charge in [-0.15, -0.1) is 0 Å². The third kappa shape index (κ3) is 4.58. The summed E-state index contributed by atoms with van der Waals surface area (Å²) in [6.45, 7) is 5.86. The van der Waals surface area contributed by atoms with E-state index >= 15 is 0 Å². The van der Waals surface area contributed by atoms with Crippen LogP contribution in [0.15, 0.2) is 6.07 Å². The number of nitrogens with one attached hydrogen (secondary N) is 1. The lowest BCUT2D eigenvalue weighted by Crippen LogP contribution is -2.32. The van der Waals surface area contributed by atoms with Gasteiger partial charge in [0, 0.05) is 23.7 Å². The number of aromatic nitrogens is 2. The van der Waals surface area contributed by atoms with Crippen molar-refractivity contribution >= 4 is 11.9 Å². The monoisotopic (exact) mass is 292 g/mol. The van der Waals surface area contributed by atoms with E-state index in [2.05, 4.69) is 15.3 Å². The highest BCUT2D eigenvalue weighted by molar-refractivity contribution is 5.76. The first-order valence-corrected chi connectivity index (χ1v) is 7.52. The van der Waals surface area contributed by atoms with Crippen LogP contribution in [0.4, 0.5) is 5.95 Å². The zero-order valence-electron chi connectivity index (χ0n) is 12.9. The Balaban J connectivity index is 1.97. The van der Waals surface area contributed by atoms with Crippen LogP contribution in [0.1, 0.15) is 45.2 Å². The molecule has 0 aliphatic heterocycles. The van der Waals surface area contributed by atoms with Crippen LogP contribution in [0.3, 0.4) is 0 Å². The molecule has 0 radical (unpaired) electrons. The van der Waals surface area contributed by atoms with Crippen molar-refractivity contribution in [2.45, 2.75) is 58.6 Å². The minimum atomic E-state index is -0.187. The molecule has 0 atom stereocenters. The molecule has 1 aliphatic rings. The van der Waals surface area contributed by atoms with Crippen molar-refractivity contribution < 1.29 is 9.53 Å². The molecule has 6 nitrogen and oxygen atoms in total. The molecule has 1 aromatic rings. The van der Waals surface area contributed by atoms with E-state index in [-0.39, 0.29) is 24.0 Å². The minimum Gasteiger partial charge on any atom is -0.475 e. The Morgan fingerprint density at radius 2 is 2.00 bits per heavy atom. The number of ether oxygens (including phenoxy) is 1. The average molecular weight is 292 g/mol. The van der Waals surface area contributed by atoms with Gasteiger partial charge in [-0.25, -0.2) is 4.98 Å². The van der Waals surface area contributed by atoms with E-state index in [9.17, 15) is 4.79 Å². The number of carbonyl (C=O) groups is 1. The molecule has 1 aliphatic carbocycles. The Morgan fingerprint density at radius 1 is 1.33 bits per heavy atom. The van der Waals surface area contributed by atoms with Crippen molar-refractivity contribution in [1.82, 2.24) is 9.97 Å². The highest BCUT2D eigenvalue weighted by Crippen LogP contribution is 2.26. The first kappa shape index (κ1) is 15.5. The first-order chi connectivity index (χ1) is 9.94. The zero-order valence-corrected chi connectivity index (χ0v) is 12.9. The molecule has 1 aromatic heterocycles. The van der Waals surface area contributed by atoms with Crippen LogP contribution in [0.5, 0.6) is 5.88 Å². The second-order valence-corrected chi connectivity index (χ2v) is 5.93. The lowest BCUT2D eigenvalue weighted by molar-refractivity contribution is -0.122. The van der Waals surface area contributed by atoms with Crippen LogP contribution in [0.25, 0.3) is 0 Å². The number of nitrogens with two attached hydrogens (primary N) is 1. The smallest absolute Gasteiger partial charge is 0.226 e. The molecular formula is C15H24N4O2.